The van der Waals surface area contributed by atoms with Crippen LogP contribution in [0.5, 0.6) is 17.4 Å². The van der Waals surface area contributed by atoms with Crippen LogP contribution in [0.4, 0.5) is 13.2 Å². The molecule has 0 atom stereocenters. The number of aromatic nitrogens is 2. The van der Waals surface area contributed by atoms with Crippen molar-refractivity contribution < 1.29 is 32.2 Å². The maximum atomic E-state index is 12.2. The van der Waals surface area contributed by atoms with Crippen LogP contribution in [0.2, 0.25) is 5.15 Å². The fraction of sp³-hybridized carbons (Fsp3) is 0.154. The van der Waals surface area contributed by atoms with Gasteiger partial charge >= 0.3 is 12.3 Å². The number of hydrogen-bond donors (Lipinski definition) is 0. The van der Waals surface area contributed by atoms with E-state index in [9.17, 15) is 18.0 Å². The lowest BCUT2D eigenvalue weighted by Crippen LogP contribution is -2.17. The summed E-state index contributed by atoms with van der Waals surface area (Å²) in [4.78, 5) is 11.6. The molecule has 0 saturated heterocycles. The molecule has 0 aliphatic rings. The van der Waals surface area contributed by atoms with Crippen molar-refractivity contribution in [3.8, 4) is 17.4 Å². The van der Waals surface area contributed by atoms with Crippen LogP contribution >= 0.6 is 11.6 Å². The zero-order chi connectivity index (χ0) is 17.0. The molecule has 0 N–H and O–H groups in total. The third-order valence-electron chi connectivity index (χ3n) is 2.39. The van der Waals surface area contributed by atoms with Gasteiger partial charge in [-0.1, -0.05) is 17.7 Å². The number of hydrogen-bond acceptors (Lipinski definition) is 6. The molecule has 2 rings (SSSR count). The van der Waals surface area contributed by atoms with E-state index in [4.69, 9.17) is 16.3 Å². The zero-order valence-electron chi connectivity index (χ0n) is 11.4. The highest BCUT2D eigenvalue weighted by Crippen LogP contribution is 2.29. The van der Waals surface area contributed by atoms with Crippen molar-refractivity contribution in [2.75, 3.05) is 7.11 Å². The number of halogens is 4. The first-order valence-electron chi connectivity index (χ1n) is 5.93. The Morgan fingerprint density at radius 3 is 2.52 bits per heavy atom. The molecule has 122 valence electrons. The Hall–Kier alpha value is -2.55. The van der Waals surface area contributed by atoms with E-state index in [1.54, 1.807) is 0 Å². The van der Waals surface area contributed by atoms with Crippen molar-refractivity contribution in [1.82, 2.24) is 10.2 Å². The molecule has 0 radical (unpaired) electrons. The molecule has 0 aliphatic heterocycles. The summed E-state index contributed by atoms with van der Waals surface area (Å²) in [5.41, 5.74) is -0.130. The number of esters is 1. The Kier molecular flexibility index (Phi) is 4.89. The van der Waals surface area contributed by atoms with Crippen LogP contribution in [-0.4, -0.2) is 29.6 Å². The summed E-state index contributed by atoms with van der Waals surface area (Å²) >= 11 is 5.64. The number of carbonyl (C=O) groups is 1. The summed E-state index contributed by atoms with van der Waals surface area (Å²) in [5.74, 6) is -1.60. The van der Waals surface area contributed by atoms with Crippen LogP contribution in [0, 0.1) is 0 Å². The predicted molar refractivity (Wildman–Crippen MR) is 71.6 cm³/mol. The highest BCUT2D eigenvalue weighted by Gasteiger charge is 2.31. The van der Waals surface area contributed by atoms with E-state index in [0.717, 1.165) is 25.3 Å². The largest absolute Gasteiger partial charge is 0.573 e. The number of nitrogens with zero attached hydrogens (tertiary/aromatic N) is 2. The van der Waals surface area contributed by atoms with Crippen LogP contribution < -0.4 is 9.47 Å². The van der Waals surface area contributed by atoms with Crippen molar-refractivity contribution in [2.45, 2.75) is 6.36 Å². The van der Waals surface area contributed by atoms with Gasteiger partial charge in [-0.15, -0.1) is 23.4 Å². The summed E-state index contributed by atoms with van der Waals surface area (Å²) in [5, 5.41) is 7.01. The highest BCUT2D eigenvalue weighted by atomic mass is 35.5. The average Bonchev–Trinajstić information content (AvgIpc) is 2.47. The van der Waals surface area contributed by atoms with Gasteiger partial charge in [0.2, 0.25) is 0 Å². The van der Waals surface area contributed by atoms with Gasteiger partial charge in [-0.05, 0) is 18.2 Å². The Bertz CT molecular complexity index is 725. The topological polar surface area (TPSA) is 70.5 Å². The second-order valence-electron chi connectivity index (χ2n) is 4.00. The standard InChI is InChI=1S/C13H8ClF3N2O4/c1-21-12(20)9-6-10(14)18-19-11(9)22-7-3-2-4-8(5-7)23-13(15,16)17/h2-6H,1H3. The smallest absolute Gasteiger partial charge is 0.465 e. The van der Waals surface area contributed by atoms with Gasteiger partial charge in [0, 0.05) is 6.07 Å². The molecule has 1 aromatic carbocycles. The molecule has 0 saturated carbocycles. The van der Waals surface area contributed by atoms with Gasteiger partial charge < -0.3 is 14.2 Å². The highest BCUT2D eigenvalue weighted by molar-refractivity contribution is 6.29. The first-order valence-corrected chi connectivity index (χ1v) is 6.31. The molecule has 1 aromatic heterocycles. The van der Waals surface area contributed by atoms with Crippen molar-refractivity contribution in [3.05, 3.63) is 41.0 Å². The van der Waals surface area contributed by atoms with Crippen LogP contribution in [0.25, 0.3) is 0 Å². The number of carbonyl (C=O) groups excluding carboxylic acids is 1. The Morgan fingerprint density at radius 2 is 1.87 bits per heavy atom. The van der Waals surface area contributed by atoms with Gasteiger partial charge in [-0.25, -0.2) is 4.79 Å². The summed E-state index contributed by atoms with van der Waals surface area (Å²) in [7, 11) is 1.14. The quantitative estimate of drug-likeness (QED) is 0.786. The molecule has 23 heavy (non-hydrogen) atoms. The molecular formula is C13H8ClF3N2O4. The Morgan fingerprint density at radius 1 is 1.17 bits per heavy atom. The first kappa shape index (κ1) is 16.8. The van der Waals surface area contributed by atoms with Crippen LogP contribution in [0.15, 0.2) is 30.3 Å². The van der Waals surface area contributed by atoms with Gasteiger partial charge in [0.05, 0.1) is 7.11 Å². The fourth-order valence-corrected chi connectivity index (χ4v) is 1.68. The maximum Gasteiger partial charge on any atom is 0.573 e. The van der Waals surface area contributed by atoms with E-state index >= 15 is 0 Å². The second-order valence-corrected chi connectivity index (χ2v) is 4.39. The summed E-state index contributed by atoms with van der Waals surface area (Å²) in [6.07, 6.45) is -4.84. The minimum Gasteiger partial charge on any atom is -0.465 e. The van der Waals surface area contributed by atoms with Crippen molar-refractivity contribution in [3.63, 3.8) is 0 Å². The van der Waals surface area contributed by atoms with Crippen LogP contribution in [0.3, 0.4) is 0 Å². The number of methoxy groups -OCH3 is 1. The SMILES string of the molecule is COC(=O)c1cc(Cl)nnc1Oc1cccc(OC(F)(F)F)c1. The third kappa shape index (κ3) is 4.71. The number of ether oxygens (including phenoxy) is 3. The maximum absolute atomic E-state index is 12.2. The predicted octanol–water partition coefficient (Wildman–Crippen LogP) is 3.61. The van der Waals surface area contributed by atoms with Gasteiger partial charge in [-0.2, -0.15) is 0 Å². The Balaban J connectivity index is 2.29. The van der Waals surface area contributed by atoms with Crippen LogP contribution in [0.1, 0.15) is 10.4 Å². The number of benzene rings is 1. The van der Waals surface area contributed by atoms with Gasteiger partial charge in [0.1, 0.15) is 17.1 Å². The number of rotatable bonds is 4. The summed E-state index contributed by atoms with van der Waals surface area (Å²) < 4.78 is 50.2. The van der Waals surface area contributed by atoms with E-state index in [1.165, 1.54) is 12.1 Å². The lowest BCUT2D eigenvalue weighted by molar-refractivity contribution is -0.274. The molecule has 0 amide bonds. The van der Waals surface area contributed by atoms with Crippen molar-refractivity contribution in [2.24, 2.45) is 0 Å². The van der Waals surface area contributed by atoms with E-state index in [2.05, 4.69) is 19.7 Å². The van der Waals surface area contributed by atoms with Gasteiger partial charge in [0.25, 0.3) is 5.88 Å². The molecular weight excluding hydrogens is 341 g/mol. The van der Waals surface area contributed by atoms with Gasteiger partial charge in [-0.3, -0.25) is 0 Å². The van der Waals surface area contributed by atoms with Gasteiger partial charge in [0.15, 0.2) is 5.15 Å². The Labute approximate surface area is 132 Å². The van der Waals surface area contributed by atoms with Crippen molar-refractivity contribution >= 4 is 17.6 Å². The summed E-state index contributed by atoms with van der Waals surface area (Å²) in [6.45, 7) is 0. The minimum atomic E-state index is -4.84. The fourth-order valence-electron chi connectivity index (χ4n) is 1.53. The van der Waals surface area contributed by atoms with E-state index < -0.39 is 18.1 Å². The van der Waals surface area contributed by atoms with Crippen LogP contribution in [-0.2, 0) is 4.74 Å². The third-order valence-corrected chi connectivity index (χ3v) is 2.57. The molecule has 0 unspecified atom stereocenters. The lowest BCUT2D eigenvalue weighted by Gasteiger charge is -2.11. The molecule has 1 heterocycles. The normalized spacial score (nSPS) is 11.0. The molecule has 0 spiro atoms. The molecule has 0 fully saturated rings. The van der Waals surface area contributed by atoms with Crippen molar-refractivity contribution in [1.29, 1.82) is 0 Å². The van der Waals surface area contributed by atoms with E-state index in [0.29, 0.717) is 0 Å². The average molecular weight is 349 g/mol. The first-order chi connectivity index (χ1) is 10.8. The minimum absolute atomic E-state index is 0.0477. The van der Waals surface area contributed by atoms with E-state index in [1.807, 2.05) is 0 Å². The monoisotopic (exact) mass is 348 g/mol. The number of alkyl halides is 3. The molecule has 6 nitrogen and oxygen atoms in total. The molecule has 0 bridgehead atoms. The zero-order valence-corrected chi connectivity index (χ0v) is 12.2. The lowest BCUT2D eigenvalue weighted by atomic mass is 10.3. The molecule has 0 aliphatic carbocycles. The molecule has 2 aromatic rings. The second kappa shape index (κ2) is 6.69. The molecule has 10 heteroatoms. The summed E-state index contributed by atoms with van der Waals surface area (Å²) in [6, 6.07) is 5.85. The van der Waals surface area contributed by atoms with E-state index in [-0.39, 0.29) is 22.3 Å².